The zero-order valence-electron chi connectivity index (χ0n) is 24.6. The molecule has 2 unspecified atom stereocenters. The molecule has 41 heavy (non-hydrogen) atoms. The minimum Gasteiger partial charge on any atom is -0.480 e. The van der Waals surface area contributed by atoms with Crippen LogP contribution in [0.2, 0.25) is 5.02 Å². The Hall–Kier alpha value is -3.92. The van der Waals surface area contributed by atoms with Crippen molar-refractivity contribution >= 4 is 52.5 Å². The lowest BCUT2D eigenvalue weighted by atomic mass is 9.85. The first kappa shape index (κ1) is 31.6. The number of anilines is 2. The molecule has 0 bridgehead atoms. The van der Waals surface area contributed by atoms with Crippen molar-refractivity contribution in [1.29, 1.82) is 0 Å². The highest BCUT2D eigenvalue weighted by molar-refractivity contribution is 6.34. The highest BCUT2D eigenvalue weighted by Crippen LogP contribution is 2.30. The second kappa shape index (κ2) is 11.9. The number of hydrogen-bond acceptors (Lipinski definition) is 6. The molecule has 1 fully saturated rings. The van der Waals surface area contributed by atoms with Gasteiger partial charge in [-0.1, -0.05) is 57.0 Å². The summed E-state index contributed by atoms with van der Waals surface area (Å²) in [6, 6.07) is 7.54. The van der Waals surface area contributed by atoms with E-state index in [4.69, 9.17) is 16.3 Å². The third-order valence-corrected chi connectivity index (χ3v) is 6.97. The van der Waals surface area contributed by atoms with Gasteiger partial charge in [-0.2, -0.15) is 0 Å². The maximum Gasteiger partial charge on any atom is 0.326 e. The third-order valence-electron chi connectivity index (χ3n) is 6.64. The average molecular weight is 585 g/mol. The number of carbonyl (C=O) groups is 5. The zero-order chi connectivity index (χ0) is 30.9. The normalized spacial score (nSPS) is 16.1. The van der Waals surface area contributed by atoms with E-state index in [1.807, 2.05) is 39.0 Å². The van der Waals surface area contributed by atoms with E-state index in [2.05, 4.69) is 16.0 Å². The molecule has 2 aromatic carbocycles. The molecule has 0 aromatic heterocycles. The molecular formula is C30H37ClN4O6. The number of aryl methyl sites for hydroxylation is 2. The Labute approximate surface area is 245 Å². The summed E-state index contributed by atoms with van der Waals surface area (Å²) in [5.41, 5.74) is 0.0292. The second-order valence-corrected chi connectivity index (χ2v) is 12.1. The molecule has 1 aliphatic rings. The van der Waals surface area contributed by atoms with Crippen LogP contribution < -0.4 is 20.7 Å². The molecular weight excluding hydrogens is 548 g/mol. The number of carbonyl (C=O) groups excluding carboxylic acids is 5. The summed E-state index contributed by atoms with van der Waals surface area (Å²) < 4.78 is 5.96. The molecule has 0 spiro atoms. The first-order valence-corrected chi connectivity index (χ1v) is 13.7. The fourth-order valence-corrected chi connectivity index (χ4v) is 4.47. The van der Waals surface area contributed by atoms with Crippen LogP contribution >= 0.6 is 11.6 Å². The molecule has 2 atom stereocenters. The summed E-state index contributed by atoms with van der Waals surface area (Å²) in [7, 11) is 0. The number of halogens is 1. The van der Waals surface area contributed by atoms with Gasteiger partial charge in [0.2, 0.25) is 0 Å². The van der Waals surface area contributed by atoms with E-state index in [0.29, 0.717) is 22.8 Å². The van der Waals surface area contributed by atoms with Crippen molar-refractivity contribution < 1.29 is 28.7 Å². The topological polar surface area (TPSA) is 134 Å². The third kappa shape index (κ3) is 7.05. The molecule has 11 heteroatoms. The Morgan fingerprint density at radius 3 is 2.22 bits per heavy atom. The van der Waals surface area contributed by atoms with Crippen LogP contribution in [0.5, 0.6) is 5.75 Å². The molecule has 1 aliphatic heterocycles. The maximum absolute atomic E-state index is 13.5. The van der Waals surface area contributed by atoms with E-state index in [-0.39, 0.29) is 10.7 Å². The van der Waals surface area contributed by atoms with Crippen molar-refractivity contribution in [2.75, 3.05) is 10.6 Å². The van der Waals surface area contributed by atoms with E-state index in [9.17, 15) is 24.0 Å². The Kier molecular flexibility index (Phi) is 9.17. The molecule has 2 aromatic rings. The van der Waals surface area contributed by atoms with Gasteiger partial charge in [0, 0.05) is 11.1 Å². The first-order valence-electron chi connectivity index (χ1n) is 13.3. The van der Waals surface area contributed by atoms with Gasteiger partial charge in [-0.3, -0.25) is 19.2 Å². The molecule has 1 saturated heterocycles. The van der Waals surface area contributed by atoms with Crippen molar-refractivity contribution in [2.24, 2.45) is 5.41 Å². The molecule has 220 valence electrons. The highest BCUT2D eigenvalue weighted by Gasteiger charge is 2.53. The van der Waals surface area contributed by atoms with Crippen LogP contribution in [0, 0.1) is 19.3 Å². The zero-order valence-corrected chi connectivity index (χ0v) is 25.4. The van der Waals surface area contributed by atoms with Crippen LogP contribution in [0.4, 0.5) is 16.2 Å². The van der Waals surface area contributed by atoms with E-state index in [1.54, 1.807) is 26.8 Å². The van der Waals surface area contributed by atoms with E-state index in [0.717, 1.165) is 11.1 Å². The standard InChI is InChI=1S/C30H37ClN4O6/c1-9-21(41-22-13-10-16(2)14-17(22)3)25(37)32-18-11-12-19(31)20(15-18)33-26(38)23(24(36)29(4,5)6)35-27(39)30(7,8)34-28(35)40/h10-15,21,23H,9H2,1-8H3,(H,32,37)(H,33,38)(H,34,40). The number of ether oxygens (including phenoxy) is 1. The van der Waals surface area contributed by atoms with Crippen molar-refractivity contribution in [3.63, 3.8) is 0 Å². The summed E-state index contributed by atoms with van der Waals surface area (Å²) in [5, 5.41) is 7.96. The summed E-state index contributed by atoms with van der Waals surface area (Å²) in [4.78, 5) is 66.3. The van der Waals surface area contributed by atoms with Gasteiger partial charge >= 0.3 is 6.03 Å². The van der Waals surface area contributed by atoms with Crippen LogP contribution in [-0.2, 0) is 19.2 Å². The number of amides is 5. The number of imide groups is 1. The number of rotatable bonds is 9. The molecule has 3 rings (SSSR count). The van der Waals surface area contributed by atoms with Gasteiger partial charge in [0.05, 0.1) is 10.7 Å². The maximum atomic E-state index is 13.5. The molecule has 0 aliphatic carbocycles. The van der Waals surface area contributed by atoms with Gasteiger partial charge in [-0.15, -0.1) is 0 Å². The van der Waals surface area contributed by atoms with E-state index < -0.39 is 52.6 Å². The van der Waals surface area contributed by atoms with Gasteiger partial charge < -0.3 is 20.7 Å². The monoisotopic (exact) mass is 584 g/mol. The van der Waals surface area contributed by atoms with Gasteiger partial charge in [-0.05, 0) is 63.9 Å². The highest BCUT2D eigenvalue weighted by atomic mass is 35.5. The fraction of sp³-hybridized carbons (Fsp3) is 0.433. The van der Waals surface area contributed by atoms with Crippen LogP contribution in [0.3, 0.4) is 0 Å². The molecule has 0 radical (unpaired) electrons. The van der Waals surface area contributed by atoms with Gasteiger partial charge in [0.25, 0.3) is 17.7 Å². The quantitative estimate of drug-likeness (QED) is 0.280. The van der Waals surface area contributed by atoms with E-state index in [1.165, 1.54) is 26.0 Å². The number of nitrogens with zero attached hydrogens (tertiary/aromatic N) is 1. The smallest absolute Gasteiger partial charge is 0.326 e. The molecule has 5 amide bonds. The fourth-order valence-electron chi connectivity index (χ4n) is 4.30. The SMILES string of the molecule is CCC(Oc1ccc(C)cc1C)C(=O)Nc1ccc(Cl)c(NC(=O)C(C(=O)C(C)(C)C)N2C(=O)NC(C)(C)C2=O)c1. The summed E-state index contributed by atoms with van der Waals surface area (Å²) in [5.74, 6) is -2.07. The predicted octanol–water partition coefficient (Wildman–Crippen LogP) is 5.01. The lowest BCUT2D eigenvalue weighted by Crippen LogP contribution is -2.55. The summed E-state index contributed by atoms with van der Waals surface area (Å²) in [6.07, 6.45) is -0.392. The van der Waals surface area contributed by atoms with Crippen LogP contribution in [0.15, 0.2) is 36.4 Å². The number of nitrogens with one attached hydrogen (secondary N) is 3. The molecule has 3 N–H and O–H groups in total. The number of urea groups is 1. The Balaban J connectivity index is 1.84. The first-order chi connectivity index (χ1) is 19.0. The number of benzene rings is 2. The van der Waals surface area contributed by atoms with E-state index >= 15 is 0 Å². The molecule has 0 saturated carbocycles. The van der Waals surface area contributed by atoms with Crippen molar-refractivity contribution in [3.05, 3.63) is 52.5 Å². The van der Waals surface area contributed by atoms with Crippen LogP contribution in [0.1, 0.15) is 59.1 Å². The van der Waals surface area contributed by atoms with Crippen molar-refractivity contribution in [3.8, 4) is 5.75 Å². The summed E-state index contributed by atoms with van der Waals surface area (Å²) in [6.45, 7) is 13.4. The number of hydrogen-bond donors (Lipinski definition) is 3. The minimum absolute atomic E-state index is 0.0795. The van der Waals surface area contributed by atoms with Crippen LogP contribution in [0.25, 0.3) is 0 Å². The second-order valence-electron chi connectivity index (χ2n) is 11.7. The lowest BCUT2D eigenvalue weighted by molar-refractivity contribution is -0.144. The predicted molar refractivity (Wildman–Crippen MR) is 157 cm³/mol. The minimum atomic E-state index is -1.74. The molecule has 10 nitrogen and oxygen atoms in total. The number of Topliss-reactive ketones (excluding diaryl/α,β-unsaturated/α-hetero) is 1. The van der Waals surface area contributed by atoms with Gasteiger partial charge in [-0.25, -0.2) is 9.69 Å². The Bertz CT molecular complexity index is 1400. The number of ketones is 1. The summed E-state index contributed by atoms with van der Waals surface area (Å²) >= 11 is 6.34. The van der Waals surface area contributed by atoms with Crippen molar-refractivity contribution in [2.45, 2.75) is 79.5 Å². The van der Waals surface area contributed by atoms with Gasteiger partial charge in [0.1, 0.15) is 11.3 Å². The Morgan fingerprint density at radius 1 is 1.02 bits per heavy atom. The van der Waals surface area contributed by atoms with Gasteiger partial charge in [0.15, 0.2) is 17.9 Å². The largest absolute Gasteiger partial charge is 0.480 e. The average Bonchev–Trinajstić information content (AvgIpc) is 3.06. The Morgan fingerprint density at radius 2 is 1.68 bits per heavy atom. The molecule has 1 heterocycles. The van der Waals surface area contributed by atoms with Crippen LogP contribution in [-0.4, -0.2) is 52.1 Å². The van der Waals surface area contributed by atoms with Crippen molar-refractivity contribution in [1.82, 2.24) is 10.2 Å². The lowest BCUT2D eigenvalue weighted by Gasteiger charge is -2.29.